The third-order valence-electron chi connectivity index (χ3n) is 4.61. The van der Waals surface area contributed by atoms with Crippen molar-refractivity contribution >= 4 is 33.5 Å². The summed E-state index contributed by atoms with van der Waals surface area (Å²) in [5.74, 6) is -1.51. The molecule has 2 aromatic carbocycles. The van der Waals surface area contributed by atoms with Crippen LogP contribution in [0.1, 0.15) is 16.2 Å². The maximum Gasteiger partial charge on any atom is 0.449 e. The zero-order valence-corrected chi connectivity index (χ0v) is 15.4. The number of H-pyrrole nitrogens is 1. The lowest BCUT2D eigenvalue weighted by molar-refractivity contribution is -0.144. The van der Waals surface area contributed by atoms with E-state index < -0.39 is 17.9 Å². The Morgan fingerprint density at radius 1 is 1.24 bits per heavy atom. The van der Waals surface area contributed by atoms with E-state index in [9.17, 15) is 18.0 Å². The number of anilines is 1. The van der Waals surface area contributed by atoms with Crippen LogP contribution in [0.5, 0.6) is 0 Å². The van der Waals surface area contributed by atoms with E-state index in [1.54, 1.807) is 13.2 Å². The van der Waals surface area contributed by atoms with Gasteiger partial charge in [-0.3, -0.25) is 4.79 Å². The molecule has 29 heavy (non-hydrogen) atoms. The Balaban J connectivity index is 1.61. The number of ether oxygens (including phenoxy) is 1. The molecule has 0 spiro atoms. The van der Waals surface area contributed by atoms with Crippen LogP contribution in [0.25, 0.3) is 21.9 Å². The van der Waals surface area contributed by atoms with E-state index in [-0.39, 0.29) is 16.6 Å². The second kappa shape index (κ2) is 7.25. The Hall–Kier alpha value is -3.33. The monoisotopic (exact) mass is 402 g/mol. The molecule has 0 fully saturated rings. The number of benzene rings is 2. The summed E-state index contributed by atoms with van der Waals surface area (Å²) < 4.78 is 45.6. The molecule has 0 aliphatic rings. The highest BCUT2D eigenvalue weighted by atomic mass is 19.4. The van der Waals surface area contributed by atoms with E-state index in [2.05, 4.69) is 15.3 Å². The Kier molecular flexibility index (Phi) is 4.75. The summed E-state index contributed by atoms with van der Waals surface area (Å²) in [7, 11) is 1.63. The van der Waals surface area contributed by atoms with Crippen molar-refractivity contribution < 1.29 is 22.7 Å². The normalized spacial score (nSPS) is 12.0. The first-order valence-corrected chi connectivity index (χ1v) is 8.82. The first kappa shape index (κ1) is 19.0. The molecule has 1 amide bonds. The van der Waals surface area contributed by atoms with Gasteiger partial charge < -0.3 is 19.6 Å². The van der Waals surface area contributed by atoms with Gasteiger partial charge in [0.25, 0.3) is 5.91 Å². The molecule has 0 bridgehead atoms. The molecule has 0 unspecified atom stereocenters. The number of rotatable bonds is 5. The van der Waals surface area contributed by atoms with Gasteiger partial charge in [-0.05, 0) is 36.4 Å². The number of amides is 1. The highest BCUT2D eigenvalue weighted by molar-refractivity contribution is 6.09. The Bertz CT molecular complexity index is 1190. The molecule has 0 saturated carbocycles. The maximum absolute atomic E-state index is 12.8. The lowest BCUT2D eigenvalue weighted by Gasteiger charge is -2.09. The first-order valence-electron chi connectivity index (χ1n) is 8.82. The minimum Gasteiger partial charge on any atom is -0.383 e. The Morgan fingerprint density at radius 2 is 2.07 bits per heavy atom. The third-order valence-corrected chi connectivity index (χ3v) is 4.61. The maximum atomic E-state index is 12.8. The van der Waals surface area contributed by atoms with E-state index in [1.165, 1.54) is 18.2 Å². The van der Waals surface area contributed by atoms with Gasteiger partial charge in [-0.1, -0.05) is 6.07 Å². The number of alkyl halides is 3. The average Bonchev–Trinajstić information content (AvgIpc) is 3.30. The van der Waals surface area contributed by atoms with E-state index in [1.807, 2.05) is 29.0 Å². The number of hydrogen-bond acceptors (Lipinski definition) is 3. The van der Waals surface area contributed by atoms with Crippen LogP contribution in [0, 0.1) is 0 Å². The number of aromatic nitrogens is 3. The minimum atomic E-state index is -4.58. The van der Waals surface area contributed by atoms with Crippen LogP contribution in [-0.2, 0) is 17.5 Å². The largest absolute Gasteiger partial charge is 0.449 e. The molecule has 6 nitrogen and oxygen atoms in total. The van der Waals surface area contributed by atoms with Crippen LogP contribution in [-0.4, -0.2) is 34.2 Å². The van der Waals surface area contributed by atoms with Crippen molar-refractivity contribution in [3.8, 4) is 0 Å². The Labute approximate surface area is 163 Å². The van der Waals surface area contributed by atoms with Crippen LogP contribution in [0.4, 0.5) is 18.9 Å². The average molecular weight is 402 g/mol. The predicted molar refractivity (Wildman–Crippen MR) is 103 cm³/mol. The van der Waals surface area contributed by atoms with Crippen molar-refractivity contribution in [3.05, 3.63) is 60.0 Å². The van der Waals surface area contributed by atoms with Crippen molar-refractivity contribution in [2.45, 2.75) is 12.7 Å². The van der Waals surface area contributed by atoms with Gasteiger partial charge in [0.05, 0.1) is 28.8 Å². The molecule has 0 aliphatic carbocycles. The molecule has 2 heterocycles. The standard InChI is InChI=1S/C20H17F3N4O2/c1-29-10-9-27-8-7-13-14(3-2-4-17(13)27)24-18(28)12-5-6-15-16(11-12)26-19(25-15)20(21,22)23/h2-8,11H,9-10H2,1H3,(H,24,28)(H,25,26). The van der Waals surface area contributed by atoms with Gasteiger partial charge in [0.2, 0.25) is 5.82 Å². The van der Waals surface area contributed by atoms with E-state index in [0.29, 0.717) is 18.8 Å². The minimum absolute atomic E-state index is 0.145. The highest BCUT2D eigenvalue weighted by Gasteiger charge is 2.34. The first-order chi connectivity index (χ1) is 13.9. The lowest BCUT2D eigenvalue weighted by Crippen LogP contribution is -2.12. The van der Waals surface area contributed by atoms with Gasteiger partial charge in [0.15, 0.2) is 0 Å². The smallest absolute Gasteiger partial charge is 0.383 e. The molecule has 0 saturated heterocycles. The van der Waals surface area contributed by atoms with Crippen molar-refractivity contribution in [1.82, 2.24) is 14.5 Å². The van der Waals surface area contributed by atoms with Gasteiger partial charge in [-0.2, -0.15) is 13.2 Å². The summed E-state index contributed by atoms with van der Waals surface area (Å²) in [6, 6.07) is 11.6. The molecule has 0 atom stereocenters. The summed E-state index contributed by atoms with van der Waals surface area (Å²) in [4.78, 5) is 18.4. The van der Waals surface area contributed by atoms with Crippen LogP contribution in [0.3, 0.4) is 0 Å². The topological polar surface area (TPSA) is 71.9 Å². The molecular weight excluding hydrogens is 385 g/mol. The van der Waals surface area contributed by atoms with Crippen molar-refractivity contribution in [2.75, 3.05) is 19.0 Å². The SMILES string of the molecule is COCCn1ccc2c(NC(=O)c3ccc4nc(C(F)(F)F)[nH]c4c3)cccc21. The summed E-state index contributed by atoms with van der Waals surface area (Å²) in [6.45, 7) is 1.24. The molecular formula is C20H17F3N4O2. The summed E-state index contributed by atoms with van der Waals surface area (Å²) in [5.41, 5.74) is 2.08. The third kappa shape index (κ3) is 3.68. The molecule has 4 rings (SSSR count). The van der Waals surface area contributed by atoms with Gasteiger partial charge in [-0.25, -0.2) is 4.98 Å². The molecule has 2 N–H and O–H groups in total. The van der Waals surface area contributed by atoms with Gasteiger partial charge in [0, 0.05) is 30.8 Å². The second-order valence-electron chi connectivity index (χ2n) is 6.51. The molecule has 150 valence electrons. The fourth-order valence-electron chi connectivity index (χ4n) is 3.20. The van der Waals surface area contributed by atoms with Crippen LogP contribution in [0.2, 0.25) is 0 Å². The van der Waals surface area contributed by atoms with Gasteiger partial charge in [0.1, 0.15) is 0 Å². The fraction of sp³-hybridized carbons (Fsp3) is 0.200. The molecule has 0 aliphatic heterocycles. The zero-order valence-electron chi connectivity index (χ0n) is 15.4. The number of hydrogen-bond donors (Lipinski definition) is 2. The molecule has 9 heteroatoms. The number of fused-ring (bicyclic) bond motifs is 2. The summed E-state index contributed by atoms with van der Waals surface area (Å²) >= 11 is 0. The summed E-state index contributed by atoms with van der Waals surface area (Å²) in [6.07, 6.45) is -2.66. The van der Waals surface area contributed by atoms with Crippen molar-refractivity contribution in [1.29, 1.82) is 0 Å². The quantitative estimate of drug-likeness (QED) is 0.519. The number of carbonyl (C=O) groups excluding carboxylic acids is 1. The highest BCUT2D eigenvalue weighted by Crippen LogP contribution is 2.29. The number of imidazole rings is 1. The van der Waals surface area contributed by atoms with Crippen LogP contribution >= 0.6 is 0 Å². The van der Waals surface area contributed by atoms with Crippen LogP contribution in [0.15, 0.2) is 48.7 Å². The second-order valence-corrected chi connectivity index (χ2v) is 6.51. The predicted octanol–water partition coefficient (Wildman–Crippen LogP) is 4.44. The molecule has 0 radical (unpaired) electrons. The number of methoxy groups -OCH3 is 1. The lowest BCUT2D eigenvalue weighted by atomic mass is 10.1. The number of aromatic amines is 1. The number of carbonyl (C=O) groups is 1. The van der Waals surface area contributed by atoms with E-state index >= 15 is 0 Å². The van der Waals surface area contributed by atoms with Gasteiger partial charge >= 0.3 is 6.18 Å². The zero-order chi connectivity index (χ0) is 20.6. The number of nitrogens with one attached hydrogen (secondary N) is 2. The van der Waals surface area contributed by atoms with Crippen molar-refractivity contribution in [2.24, 2.45) is 0 Å². The van der Waals surface area contributed by atoms with Gasteiger partial charge in [-0.15, -0.1) is 0 Å². The summed E-state index contributed by atoms with van der Waals surface area (Å²) in [5, 5.41) is 3.69. The van der Waals surface area contributed by atoms with Crippen LogP contribution < -0.4 is 5.32 Å². The number of halogens is 3. The van der Waals surface area contributed by atoms with Crippen molar-refractivity contribution in [3.63, 3.8) is 0 Å². The fourth-order valence-corrected chi connectivity index (χ4v) is 3.20. The Morgan fingerprint density at radius 3 is 2.83 bits per heavy atom. The molecule has 4 aromatic rings. The molecule has 2 aromatic heterocycles. The van der Waals surface area contributed by atoms with E-state index in [0.717, 1.165) is 10.9 Å². The number of nitrogens with zero attached hydrogens (tertiary/aromatic N) is 2. The van der Waals surface area contributed by atoms with E-state index in [4.69, 9.17) is 4.74 Å².